The second-order valence-corrected chi connectivity index (χ2v) is 3.69. The van der Waals surface area contributed by atoms with Gasteiger partial charge in [0.2, 0.25) is 5.91 Å². The lowest BCUT2D eigenvalue weighted by Crippen LogP contribution is -2.36. The van der Waals surface area contributed by atoms with Crippen LogP contribution in [0.15, 0.2) is 0 Å². The van der Waals surface area contributed by atoms with Gasteiger partial charge in [-0.3, -0.25) is 14.4 Å². The van der Waals surface area contributed by atoms with Crippen molar-refractivity contribution in [3.8, 4) is 0 Å². The van der Waals surface area contributed by atoms with Crippen molar-refractivity contribution >= 4 is 17.8 Å². The molecule has 0 aliphatic rings. The van der Waals surface area contributed by atoms with Gasteiger partial charge in [-0.2, -0.15) is 0 Å². The highest BCUT2D eigenvalue weighted by atomic mass is 16.5. The van der Waals surface area contributed by atoms with Crippen molar-refractivity contribution in [3.05, 3.63) is 0 Å². The maximum atomic E-state index is 11.6. The van der Waals surface area contributed by atoms with Crippen LogP contribution in [0.2, 0.25) is 0 Å². The second-order valence-electron chi connectivity index (χ2n) is 3.69. The summed E-state index contributed by atoms with van der Waals surface area (Å²) in [7, 11) is 0. The molecular formula is C11H19NO7. The molecule has 8 nitrogen and oxygen atoms in total. The molecule has 0 rings (SSSR count). The highest BCUT2D eigenvalue weighted by molar-refractivity contribution is 5.81. The third-order valence-electron chi connectivity index (χ3n) is 2.21. The van der Waals surface area contributed by atoms with Crippen LogP contribution in [0.1, 0.15) is 19.3 Å². The molecule has 0 saturated carbocycles. The lowest BCUT2D eigenvalue weighted by Gasteiger charge is -2.20. The molecule has 0 bridgehead atoms. The second kappa shape index (κ2) is 10.3. The number of ether oxygens (including phenoxy) is 1. The first-order valence-electron chi connectivity index (χ1n) is 5.88. The van der Waals surface area contributed by atoms with Crippen LogP contribution < -0.4 is 0 Å². The minimum Gasteiger partial charge on any atom is -0.481 e. The number of amides is 1. The number of aliphatic hydroxyl groups excluding tert-OH is 2. The fraction of sp³-hybridized carbons (Fsp3) is 0.727. The topological polar surface area (TPSA) is 124 Å². The summed E-state index contributed by atoms with van der Waals surface area (Å²) < 4.78 is 4.61. The Morgan fingerprint density at radius 3 is 2.00 bits per heavy atom. The van der Waals surface area contributed by atoms with E-state index in [0.717, 1.165) is 0 Å². The van der Waals surface area contributed by atoms with Gasteiger partial charge < -0.3 is 25.0 Å². The number of carbonyl (C=O) groups is 3. The van der Waals surface area contributed by atoms with Crippen LogP contribution in [0.25, 0.3) is 0 Å². The van der Waals surface area contributed by atoms with E-state index in [1.165, 1.54) is 4.90 Å². The number of hydrogen-bond donors (Lipinski definition) is 3. The number of hydrogen-bond acceptors (Lipinski definition) is 6. The van der Waals surface area contributed by atoms with Gasteiger partial charge in [-0.25, -0.2) is 0 Å². The molecule has 0 aliphatic heterocycles. The average Bonchev–Trinajstić information content (AvgIpc) is 2.35. The van der Waals surface area contributed by atoms with Crippen LogP contribution in [-0.2, 0) is 19.1 Å². The molecule has 0 heterocycles. The molecular weight excluding hydrogens is 258 g/mol. The number of aliphatic carboxylic acids is 1. The van der Waals surface area contributed by atoms with Gasteiger partial charge in [0.15, 0.2) is 0 Å². The lowest BCUT2D eigenvalue weighted by molar-refractivity contribution is -0.148. The third kappa shape index (κ3) is 8.97. The van der Waals surface area contributed by atoms with Crippen molar-refractivity contribution in [1.29, 1.82) is 0 Å². The molecule has 0 aromatic rings. The maximum absolute atomic E-state index is 11.6. The van der Waals surface area contributed by atoms with E-state index in [1.54, 1.807) is 0 Å². The molecule has 1 amide bonds. The van der Waals surface area contributed by atoms with E-state index < -0.39 is 11.9 Å². The quantitative estimate of drug-likeness (QED) is 0.419. The Kier molecular flexibility index (Phi) is 9.37. The van der Waals surface area contributed by atoms with Crippen LogP contribution in [0, 0.1) is 0 Å². The zero-order valence-corrected chi connectivity index (χ0v) is 10.6. The summed E-state index contributed by atoms with van der Waals surface area (Å²) in [6.45, 7) is -0.496. The predicted molar refractivity (Wildman–Crippen MR) is 63.2 cm³/mol. The van der Waals surface area contributed by atoms with Crippen molar-refractivity contribution < 1.29 is 34.4 Å². The van der Waals surface area contributed by atoms with E-state index in [2.05, 4.69) is 4.74 Å². The van der Waals surface area contributed by atoms with Crippen LogP contribution in [-0.4, -0.2) is 71.0 Å². The van der Waals surface area contributed by atoms with E-state index in [0.29, 0.717) is 0 Å². The Hall–Kier alpha value is -1.67. The monoisotopic (exact) mass is 277 g/mol. The van der Waals surface area contributed by atoms with E-state index in [9.17, 15) is 14.4 Å². The number of rotatable bonds is 10. The Bertz CT molecular complexity index is 299. The molecule has 0 unspecified atom stereocenters. The summed E-state index contributed by atoms with van der Waals surface area (Å²) in [5, 5.41) is 25.8. The zero-order valence-electron chi connectivity index (χ0n) is 10.6. The van der Waals surface area contributed by atoms with E-state index >= 15 is 0 Å². The van der Waals surface area contributed by atoms with Gasteiger partial charge in [0.05, 0.1) is 26.1 Å². The van der Waals surface area contributed by atoms with Gasteiger partial charge in [-0.15, -0.1) is 0 Å². The molecule has 0 radical (unpaired) electrons. The number of carboxylic acids is 1. The molecule has 0 aliphatic carbocycles. The predicted octanol–water partition coefficient (Wildman–Crippen LogP) is -1.40. The molecule has 3 N–H and O–H groups in total. The third-order valence-corrected chi connectivity index (χ3v) is 2.21. The van der Waals surface area contributed by atoms with Crippen LogP contribution in [0.5, 0.6) is 0 Å². The van der Waals surface area contributed by atoms with E-state index in [4.69, 9.17) is 15.3 Å². The van der Waals surface area contributed by atoms with Crippen molar-refractivity contribution in [2.24, 2.45) is 0 Å². The number of carboxylic acid groups (broad SMARTS) is 1. The molecule has 8 heteroatoms. The smallest absolute Gasteiger partial charge is 0.306 e. The summed E-state index contributed by atoms with van der Waals surface area (Å²) in [5.41, 5.74) is 0. The fourth-order valence-corrected chi connectivity index (χ4v) is 1.29. The SMILES string of the molecule is O=C(O)CCOC(=O)CCC(=O)N(CCO)CCO. The molecule has 0 aromatic heterocycles. The zero-order chi connectivity index (χ0) is 14.7. The first kappa shape index (κ1) is 17.3. The van der Waals surface area contributed by atoms with Gasteiger partial charge in [0.1, 0.15) is 6.61 Å². The number of esters is 1. The van der Waals surface area contributed by atoms with Crippen LogP contribution in [0.4, 0.5) is 0 Å². The van der Waals surface area contributed by atoms with Crippen LogP contribution in [0.3, 0.4) is 0 Å². The first-order valence-corrected chi connectivity index (χ1v) is 5.88. The number of nitrogens with zero attached hydrogens (tertiary/aromatic N) is 1. The van der Waals surface area contributed by atoms with Gasteiger partial charge in [0, 0.05) is 19.5 Å². The fourth-order valence-electron chi connectivity index (χ4n) is 1.29. The van der Waals surface area contributed by atoms with Gasteiger partial charge >= 0.3 is 11.9 Å². The molecule has 0 spiro atoms. The average molecular weight is 277 g/mol. The largest absolute Gasteiger partial charge is 0.481 e. The van der Waals surface area contributed by atoms with E-state index in [-0.39, 0.29) is 58.1 Å². The number of carbonyl (C=O) groups excluding carboxylic acids is 2. The van der Waals surface area contributed by atoms with Crippen LogP contribution >= 0.6 is 0 Å². The summed E-state index contributed by atoms with van der Waals surface area (Å²) in [5.74, 6) is -2.10. The van der Waals surface area contributed by atoms with Gasteiger partial charge in [-0.1, -0.05) is 0 Å². The van der Waals surface area contributed by atoms with Gasteiger partial charge in [-0.05, 0) is 0 Å². The molecule has 110 valence electrons. The summed E-state index contributed by atoms with van der Waals surface area (Å²) in [6.07, 6.45) is -0.543. The lowest BCUT2D eigenvalue weighted by atomic mass is 10.2. The number of aliphatic hydroxyl groups is 2. The van der Waals surface area contributed by atoms with Crippen molar-refractivity contribution in [1.82, 2.24) is 4.90 Å². The summed E-state index contributed by atoms with van der Waals surface area (Å²) in [6, 6.07) is 0. The highest BCUT2D eigenvalue weighted by Crippen LogP contribution is 2.00. The van der Waals surface area contributed by atoms with E-state index in [1.807, 2.05) is 0 Å². The standard InChI is InChI=1S/C11H19NO7/c13-6-4-12(5-7-14)9(15)1-2-11(18)19-8-3-10(16)17/h13-14H,1-8H2,(H,16,17). The van der Waals surface area contributed by atoms with Crippen molar-refractivity contribution in [2.45, 2.75) is 19.3 Å². The van der Waals surface area contributed by atoms with Crippen molar-refractivity contribution in [2.75, 3.05) is 32.9 Å². The maximum Gasteiger partial charge on any atom is 0.306 e. The minimum absolute atomic E-state index is 0.0907. The Morgan fingerprint density at radius 1 is 0.947 bits per heavy atom. The van der Waals surface area contributed by atoms with Crippen molar-refractivity contribution in [3.63, 3.8) is 0 Å². The Balaban J connectivity index is 3.91. The Morgan fingerprint density at radius 2 is 1.53 bits per heavy atom. The highest BCUT2D eigenvalue weighted by Gasteiger charge is 2.14. The molecule has 0 aromatic carbocycles. The summed E-state index contributed by atoms with van der Waals surface area (Å²) in [4.78, 5) is 34.2. The summed E-state index contributed by atoms with van der Waals surface area (Å²) >= 11 is 0. The minimum atomic E-state index is -1.07. The molecule has 0 saturated heterocycles. The Labute approximate surface area is 110 Å². The van der Waals surface area contributed by atoms with Gasteiger partial charge in [0.25, 0.3) is 0 Å². The molecule has 0 fully saturated rings. The first-order chi connectivity index (χ1) is 9.01. The normalized spacial score (nSPS) is 10.0. The molecule has 19 heavy (non-hydrogen) atoms. The molecule has 0 atom stereocenters.